The number of para-hydroxylation sites is 1. The molecule has 0 bridgehead atoms. The van der Waals surface area contributed by atoms with Crippen LogP contribution < -0.4 is 14.2 Å². The van der Waals surface area contributed by atoms with Crippen LogP contribution in [0.15, 0.2) is 48.5 Å². The minimum Gasteiger partial charge on any atom is -0.493 e. The van der Waals surface area contributed by atoms with Crippen molar-refractivity contribution in [3.05, 3.63) is 59.7 Å². The maximum Gasteiger partial charge on any atom is 0.573 e. The lowest BCUT2D eigenvalue weighted by Gasteiger charge is -2.10. The van der Waals surface area contributed by atoms with E-state index in [4.69, 9.17) is 9.47 Å². The fourth-order valence-corrected chi connectivity index (χ4v) is 2.15. The lowest BCUT2D eigenvalue weighted by molar-refractivity contribution is -0.274. The van der Waals surface area contributed by atoms with E-state index in [0.29, 0.717) is 17.1 Å². The highest BCUT2D eigenvalue weighted by molar-refractivity contribution is 6.07. The average Bonchev–Trinajstić information content (AvgIpc) is 2.57. The van der Waals surface area contributed by atoms with Crippen molar-refractivity contribution < 1.29 is 32.2 Å². The first kappa shape index (κ1) is 18.4. The van der Waals surface area contributed by atoms with Crippen LogP contribution >= 0.6 is 0 Å². The molecule has 0 amide bonds. The molecule has 2 aromatic carbocycles. The number of halogens is 3. The van der Waals surface area contributed by atoms with Crippen LogP contribution in [0.2, 0.25) is 0 Å². The fourth-order valence-electron chi connectivity index (χ4n) is 2.15. The Morgan fingerprint density at radius 1 is 1.04 bits per heavy atom. The molecule has 132 valence electrons. The van der Waals surface area contributed by atoms with Gasteiger partial charge in [0.25, 0.3) is 0 Å². The third-order valence-electron chi connectivity index (χ3n) is 3.20. The smallest absolute Gasteiger partial charge is 0.493 e. The van der Waals surface area contributed by atoms with Gasteiger partial charge in [-0.15, -0.1) is 13.2 Å². The van der Waals surface area contributed by atoms with Gasteiger partial charge in [-0.3, -0.25) is 4.79 Å². The van der Waals surface area contributed by atoms with Crippen LogP contribution in [0.1, 0.15) is 15.9 Å². The standard InChI is InChI=1S/C18H15F3O4/c1-23-16-8-4-5-12(17(16)24-2)9-10-15(22)13-6-3-7-14(11-13)25-18(19,20)21/h3-11H,1-2H3/b10-9+. The normalized spacial score (nSPS) is 11.4. The summed E-state index contributed by atoms with van der Waals surface area (Å²) in [5, 5.41) is 0. The van der Waals surface area contributed by atoms with Gasteiger partial charge in [0.15, 0.2) is 17.3 Å². The molecule has 0 aliphatic heterocycles. The fraction of sp³-hybridized carbons (Fsp3) is 0.167. The Hall–Kier alpha value is -2.96. The lowest BCUT2D eigenvalue weighted by Crippen LogP contribution is -2.17. The molecule has 0 aliphatic rings. The number of rotatable bonds is 6. The Balaban J connectivity index is 2.23. The van der Waals surface area contributed by atoms with Crippen molar-refractivity contribution >= 4 is 11.9 Å². The molecular formula is C18H15F3O4. The number of ether oxygens (including phenoxy) is 3. The molecule has 0 unspecified atom stereocenters. The predicted octanol–water partition coefficient (Wildman–Crippen LogP) is 4.50. The highest BCUT2D eigenvalue weighted by atomic mass is 19.4. The van der Waals surface area contributed by atoms with Crippen molar-refractivity contribution in [3.8, 4) is 17.2 Å². The minimum atomic E-state index is -4.81. The largest absolute Gasteiger partial charge is 0.573 e. The highest BCUT2D eigenvalue weighted by Crippen LogP contribution is 2.31. The average molecular weight is 352 g/mol. The molecular weight excluding hydrogens is 337 g/mol. The molecule has 2 aromatic rings. The summed E-state index contributed by atoms with van der Waals surface area (Å²) in [5.41, 5.74) is 0.665. The molecule has 7 heteroatoms. The number of benzene rings is 2. The van der Waals surface area contributed by atoms with Gasteiger partial charge < -0.3 is 14.2 Å². The van der Waals surface area contributed by atoms with Gasteiger partial charge in [0, 0.05) is 11.1 Å². The number of carbonyl (C=O) groups excluding carboxylic acids is 1. The van der Waals surface area contributed by atoms with Gasteiger partial charge >= 0.3 is 6.36 Å². The van der Waals surface area contributed by atoms with Crippen molar-refractivity contribution in [3.63, 3.8) is 0 Å². The summed E-state index contributed by atoms with van der Waals surface area (Å²) in [6.45, 7) is 0. The third-order valence-corrected chi connectivity index (χ3v) is 3.20. The van der Waals surface area contributed by atoms with E-state index in [1.807, 2.05) is 0 Å². The zero-order valence-electron chi connectivity index (χ0n) is 13.5. The van der Waals surface area contributed by atoms with E-state index in [-0.39, 0.29) is 5.56 Å². The van der Waals surface area contributed by atoms with Gasteiger partial charge in [-0.1, -0.05) is 24.3 Å². The summed E-state index contributed by atoms with van der Waals surface area (Å²) in [7, 11) is 2.96. The maximum atomic E-state index is 12.3. The predicted molar refractivity (Wildman–Crippen MR) is 86.0 cm³/mol. The van der Waals surface area contributed by atoms with Gasteiger partial charge in [-0.25, -0.2) is 0 Å². The van der Waals surface area contributed by atoms with Crippen molar-refractivity contribution in [1.82, 2.24) is 0 Å². The van der Waals surface area contributed by atoms with Crippen LogP contribution in [0.3, 0.4) is 0 Å². The number of alkyl halides is 3. The minimum absolute atomic E-state index is 0.0693. The van der Waals surface area contributed by atoms with E-state index in [9.17, 15) is 18.0 Å². The number of methoxy groups -OCH3 is 2. The van der Waals surface area contributed by atoms with Gasteiger partial charge in [0.05, 0.1) is 14.2 Å². The summed E-state index contributed by atoms with van der Waals surface area (Å²) in [4.78, 5) is 12.2. The number of ketones is 1. The molecule has 0 spiro atoms. The lowest BCUT2D eigenvalue weighted by atomic mass is 10.1. The van der Waals surface area contributed by atoms with Crippen molar-refractivity contribution in [2.45, 2.75) is 6.36 Å². The second-order valence-corrected chi connectivity index (χ2v) is 4.86. The zero-order chi connectivity index (χ0) is 18.4. The molecule has 0 saturated heterocycles. The van der Waals surface area contributed by atoms with Crippen LogP contribution in [0.4, 0.5) is 13.2 Å². The SMILES string of the molecule is COc1cccc(/C=C/C(=O)c2cccc(OC(F)(F)F)c2)c1OC. The van der Waals surface area contributed by atoms with Gasteiger partial charge in [-0.05, 0) is 30.4 Å². The Bertz CT molecular complexity index is 782. The Morgan fingerprint density at radius 3 is 2.40 bits per heavy atom. The molecule has 2 rings (SSSR count). The second kappa shape index (κ2) is 7.74. The number of hydrogen-bond acceptors (Lipinski definition) is 4. The number of carbonyl (C=O) groups is 1. The molecule has 0 atom stereocenters. The van der Waals surface area contributed by atoms with Gasteiger partial charge in [0.2, 0.25) is 0 Å². The maximum absolute atomic E-state index is 12.3. The summed E-state index contributed by atoms with van der Waals surface area (Å²) in [6.07, 6.45) is -2.07. The summed E-state index contributed by atoms with van der Waals surface area (Å²) in [6, 6.07) is 10.0. The van der Waals surface area contributed by atoms with Gasteiger partial charge in [-0.2, -0.15) is 0 Å². The zero-order valence-corrected chi connectivity index (χ0v) is 13.5. The molecule has 0 aromatic heterocycles. The van der Waals surface area contributed by atoms with Crippen LogP contribution in [-0.4, -0.2) is 26.4 Å². The summed E-state index contributed by atoms with van der Waals surface area (Å²) >= 11 is 0. The topological polar surface area (TPSA) is 44.8 Å². The Morgan fingerprint density at radius 2 is 1.76 bits per heavy atom. The Labute approximate surface area is 142 Å². The monoisotopic (exact) mass is 352 g/mol. The van der Waals surface area contributed by atoms with Crippen LogP contribution in [0.5, 0.6) is 17.2 Å². The number of allylic oxidation sites excluding steroid dienone is 1. The molecule has 0 N–H and O–H groups in total. The summed E-state index contributed by atoms with van der Waals surface area (Å²) in [5.74, 6) is 0.0177. The molecule has 4 nitrogen and oxygen atoms in total. The molecule has 0 fully saturated rings. The molecule has 25 heavy (non-hydrogen) atoms. The highest BCUT2D eigenvalue weighted by Gasteiger charge is 2.31. The van der Waals surface area contributed by atoms with Crippen molar-refractivity contribution in [1.29, 1.82) is 0 Å². The second-order valence-electron chi connectivity index (χ2n) is 4.86. The quantitative estimate of drug-likeness (QED) is 0.567. The van der Waals surface area contributed by atoms with E-state index in [0.717, 1.165) is 12.1 Å². The van der Waals surface area contributed by atoms with Crippen LogP contribution in [-0.2, 0) is 0 Å². The molecule has 0 heterocycles. The van der Waals surface area contributed by atoms with Crippen LogP contribution in [0.25, 0.3) is 6.08 Å². The van der Waals surface area contributed by atoms with Crippen LogP contribution in [0, 0.1) is 0 Å². The van der Waals surface area contributed by atoms with E-state index in [1.54, 1.807) is 18.2 Å². The van der Waals surface area contributed by atoms with E-state index < -0.39 is 17.9 Å². The first-order valence-corrected chi connectivity index (χ1v) is 7.13. The number of hydrogen-bond donors (Lipinski definition) is 0. The molecule has 0 saturated carbocycles. The van der Waals surface area contributed by atoms with E-state index in [1.165, 1.54) is 38.5 Å². The van der Waals surface area contributed by atoms with E-state index >= 15 is 0 Å². The van der Waals surface area contributed by atoms with Crippen molar-refractivity contribution in [2.75, 3.05) is 14.2 Å². The third kappa shape index (κ3) is 5.00. The molecule has 0 radical (unpaired) electrons. The summed E-state index contributed by atoms with van der Waals surface area (Å²) < 4.78 is 51.0. The Kier molecular flexibility index (Phi) is 5.69. The van der Waals surface area contributed by atoms with E-state index in [2.05, 4.69) is 4.74 Å². The first-order valence-electron chi connectivity index (χ1n) is 7.13. The van der Waals surface area contributed by atoms with Gasteiger partial charge in [0.1, 0.15) is 5.75 Å². The first-order chi connectivity index (χ1) is 11.8. The molecule has 0 aliphatic carbocycles. The van der Waals surface area contributed by atoms with Crippen molar-refractivity contribution in [2.24, 2.45) is 0 Å².